The minimum absolute atomic E-state index is 0.0435. The molecule has 10 nitrogen and oxygen atoms in total. The Kier molecular flexibility index (Phi) is 8.42. The van der Waals surface area contributed by atoms with E-state index >= 15 is 0 Å². The monoisotopic (exact) mass is 613 g/mol. The molecule has 0 aliphatic carbocycles. The molecule has 1 aromatic heterocycles. The van der Waals surface area contributed by atoms with Crippen molar-refractivity contribution in [2.75, 3.05) is 11.3 Å². The Bertz CT molecular complexity index is 1800. The van der Waals surface area contributed by atoms with E-state index in [1.165, 1.54) is 29.2 Å². The zero-order chi connectivity index (χ0) is 31.6. The first-order valence-corrected chi connectivity index (χ1v) is 15.7. The quantitative estimate of drug-likeness (QED) is 0.336. The van der Waals surface area contributed by atoms with E-state index in [2.05, 4.69) is 20.0 Å². The predicted molar refractivity (Wildman–Crippen MR) is 168 cm³/mol. The molecule has 4 bridgehead atoms. The van der Waals surface area contributed by atoms with Crippen LogP contribution in [0.15, 0.2) is 83.8 Å². The number of ether oxygens (including phenoxy) is 1. The van der Waals surface area contributed by atoms with E-state index in [0.29, 0.717) is 5.69 Å². The number of sulfonamides is 1. The van der Waals surface area contributed by atoms with Gasteiger partial charge < -0.3 is 15.0 Å². The standard InChI is InChI=1S/C33H35N5O5S/c1-21-11-9-12-22(2)29(21)26-18-28-35-32(34-26)37-44(41,42)25-16-10-15-24(17-25)31(40)38(19-23-13-7-6-8-14-23)27(20-43-28)30(39)36-33(3,4)5/h6-18,27H,19-20H2,1-5H3,(H,36,39)(H,34,35,37). The summed E-state index contributed by atoms with van der Waals surface area (Å²) in [6.45, 7) is 9.23. The van der Waals surface area contributed by atoms with Gasteiger partial charge in [0.15, 0.2) is 0 Å². The van der Waals surface area contributed by atoms with Gasteiger partial charge in [0, 0.05) is 29.3 Å². The SMILES string of the molecule is Cc1cccc(C)c1-c1cc2nc(n1)NS(=O)(=O)c1cccc(c1)C(=O)N(Cc1ccccc1)C(C(=O)NC(C)(C)C)CO2. The summed E-state index contributed by atoms with van der Waals surface area (Å²) in [7, 11) is -4.21. The van der Waals surface area contributed by atoms with E-state index in [4.69, 9.17) is 4.74 Å². The second kappa shape index (κ2) is 12.1. The van der Waals surface area contributed by atoms with Crippen molar-refractivity contribution in [3.63, 3.8) is 0 Å². The van der Waals surface area contributed by atoms with Crippen LogP contribution in [0.2, 0.25) is 0 Å². The Balaban J connectivity index is 1.70. The van der Waals surface area contributed by atoms with Crippen molar-refractivity contribution < 1.29 is 22.7 Å². The number of benzene rings is 3. The lowest BCUT2D eigenvalue weighted by atomic mass is 10.00. The first-order valence-electron chi connectivity index (χ1n) is 14.2. The molecule has 4 aromatic rings. The number of anilines is 1. The molecule has 0 fully saturated rings. The van der Waals surface area contributed by atoms with Gasteiger partial charge in [-0.1, -0.05) is 54.6 Å². The van der Waals surface area contributed by atoms with Crippen molar-refractivity contribution in [3.05, 3.63) is 101 Å². The van der Waals surface area contributed by atoms with Crippen LogP contribution in [0, 0.1) is 13.8 Å². The number of carbonyl (C=O) groups is 2. The minimum Gasteiger partial charge on any atom is -0.475 e. The summed E-state index contributed by atoms with van der Waals surface area (Å²) in [5, 5.41) is 2.97. The molecule has 2 heterocycles. The van der Waals surface area contributed by atoms with Gasteiger partial charge in [-0.15, -0.1) is 0 Å². The fourth-order valence-electron chi connectivity index (χ4n) is 5.06. The fraction of sp³-hybridized carbons (Fsp3) is 0.273. The first-order chi connectivity index (χ1) is 20.8. The van der Waals surface area contributed by atoms with E-state index in [9.17, 15) is 18.0 Å². The van der Waals surface area contributed by atoms with Crippen molar-refractivity contribution in [2.24, 2.45) is 0 Å². The lowest BCUT2D eigenvalue weighted by molar-refractivity contribution is -0.128. The molecule has 228 valence electrons. The van der Waals surface area contributed by atoms with Crippen LogP contribution in [0.25, 0.3) is 11.3 Å². The van der Waals surface area contributed by atoms with Gasteiger partial charge in [0.2, 0.25) is 17.7 Å². The van der Waals surface area contributed by atoms with Crippen LogP contribution < -0.4 is 14.8 Å². The van der Waals surface area contributed by atoms with Gasteiger partial charge in [0.05, 0.1) is 10.6 Å². The first kappa shape index (κ1) is 30.7. The van der Waals surface area contributed by atoms with E-state index < -0.39 is 33.4 Å². The maximum absolute atomic E-state index is 14.2. The van der Waals surface area contributed by atoms with Crippen LogP contribution >= 0.6 is 0 Å². The second-order valence-electron chi connectivity index (χ2n) is 11.8. The van der Waals surface area contributed by atoms with Crippen molar-refractivity contribution in [1.82, 2.24) is 20.2 Å². The van der Waals surface area contributed by atoms with Gasteiger partial charge >= 0.3 is 0 Å². The van der Waals surface area contributed by atoms with Gasteiger partial charge in [-0.05, 0) is 69.5 Å². The highest BCUT2D eigenvalue weighted by Crippen LogP contribution is 2.30. The van der Waals surface area contributed by atoms with Crippen LogP contribution in [0.3, 0.4) is 0 Å². The zero-order valence-electron chi connectivity index (χ0n) is 25.3. The molecular weight excluding hydrogens is 578 g/mol. The van der Waals surface area contributed by atoms with E-state index in [1.807, 2.05) is 83.1 Å². The van der Waals surface area contributed by atoms with Crippen LogP contribution in [-0.4, -0.2) is 53.3 Å². The summed E-state index contributed by atoms with van der Waals surface area (Å²) in [6, 6.07) is 21.2. The zero-order valence-corrected chi connectivity index (χ0v) is 26.1. The van der Waals surface area contributed by atoms with Crippen LogP contribution in [-0.2, 0) is 21.4 Å². The van der Waals surface area contributed by atoms with Gasteiger partial charge in [-0.25, -0.2) is 18.1 Å². The summed E-state index contributed by atoms with van der Waals surface area (Å²) in [4.78, 5) is 38.1. The topological polar surface area (TPSA) is 131 Å². The molecule has 0 spiro atoms. The number of aromatic nitrogens is 2. The molecule has 1 aliphatic heterocycles. The summed E-state index contributed by atoms with van der Waals surface area (Å²) in [5.74, 6) is -1.12. The normalized spacial score (nSPS) is 16.4. The second-order valence-corrected chi connectivity index (χ2v) is 13.5. The molecule has 0 radical (unpaired) electrons. The Hall–Kier alpha value is -4.77. The molecule has 1 atom stereocenters. The lowest BCUT2D eigenvalue weighted by Crippen LogP contribution is -2.55. The highest BCUT2D eigenvalue weighted by Gasteiger charge is 2.34. The van der Waals surface area contributed by atoms with E-state index in [-0.39, 0.29) is 35.4 Å². The third-order valence-electron chi connectivity index (χ3n) is 7.08. The highest BCUT2D eigenvalue weighted by atomic mass is 32.2. The number of nitrogens with one attached hydrogen (secondary N) is 2. The summed E-state index contributed by atoms with van der Waals surface area (Å²) in [5.41, 5.74) is 3.38. The highest BCUT2D eigenvalue weighted by molar-refractivity contribution is 7.92. The fourth-order valence-corrected chi connectivity index (χ4v) is 6.05. The van der Waals surface area contributed by atoms with E-state index in [1.54, 1.807) is 6.07 Å². The van der Waals surface area contributed by atoms with Crippen molar-refractivity contribution in [3.8, 4) is 17.1 Å². The number of carbonyl (C=O) groups excluding carboxylic acids is 2. The summed E-state index contributed by atoms with van der Waals surface area (Å²) >= 11 is 0. The maximum atomic E-state index is 14.2. The number of nitrogens with zero attached hydrogens (tertiary/aromatic N) is 3. The maximum Gasteiger partial charge on any atom is 0.264 e. The number of amides is 2. The smallest absolute Gasteiger partial charge is 0.264 e. The average Bonchev–Trinajstić information content (AvgIpc) is 2.95. The lowest BCUT2D eigenvalue weighted by Gasteiger charge is -2.33. The van der Waals surface area contributed by atoms with Crippen LogP contribution in [0.5, 0.6) is 5.88 Å². The molecule has 0 saturated carbocycles. The molecule has 2 N–H and O–H groups in total. The Morgan fingerprint density at radius 3 is 2.34 bits per heavy atom. The number of fused-ring (bicyclic) bond motifs is 4. The number of rotatable bonds is 4. The average molecular weight is 614 g/mol. The molecule has 5 rings (SSSR count). The summed E-state index contributed by atoms with van der Waals surface area (Å²) in [6.07, 6.45) is 0. The number of aryl methyl sites for hydroxylation is 2. The van der Waals surface area contributed by atoms with Crippen molar-refractivity contribution in [2.45, 2.75) is 57.6 Å². The Morgan fingerprint density at radius 2 is 1.66 bits per heavy atom. The van der Waals surface area contributed by atoms with Gasteiger partial charge in [-0.3, -0.25) is 9.59 Å². The third kappa shape index (κ3) is 6.89. The Labute approximate surface area is 257 Å². The van der Waals surface area contributed by atoms with Crippen molar-refractivity contribution >= 4 is 27.8 Å². The van der Waals surface area contributed by atoms with Crippen molar-refractivity contribution in [1.29, 1.82) is 0 Å². The molecule has 1 aliphatic rings. The van der Waals surface area contributed by atoms with Gasteiger partial charge in [0.25, 0.3) is 15.9 Å². The molecule has 1 unspecified atom stereocenters. The largest absolute Gasteiger partial charge is 0.475 e. The summed E-state index contributed by atoms with van der Waals surface area (Å²) < 4.78 is 35.7. The number of hydrogen-bond acceptors (Lipinski definition) is 7. The minimum atomic E-state index is -4.21. The van der Waals surface area contributed by atoms with Crippen LogP contribution in [0.4, 0.5) is 5.95 Å². The van der Waals surface area contributed by atoms with E-state index in [0.717, 1.165) is 22.3 Å². The molecular formula is C33H35N5O5S. The molecule has 11 heteroatoms. The molecule has 3 aromatic carbocycles. The third-order valence-corrected chi connectivity index (χ3v) is 8.41. The number of hydrogen-bond donors (Lipinski definition) is 2. The predicted octanol–water partition coefficient (Wildman–Crippen LogP) is 4.88. The Morgan fingerprint density at radius 1 is 0.977 bits per heavy atom. The van der Waals surface area contributed by atoms with Crippen LogP contribution in [0.1, 0.15) is 47.8 Å². The van der Waals surface area contributed by atoms with Gasteiger partial charge in [0.1, 0.15) is 12.6 Å². The van der Waals surface area contributed by atoms with Gasteiger partial charge in [-0.2, -0.15) is 4.98 Å². The molecule has 2 amide bonds. The molecule has 0 saturated heterocycles. The molecule has 44 heavy (non-hydrogen) atoms.